The zero-order chi connectivity index (χ0) is 9.90. The summed E-state index contributed by atoms with van der Waals surface area (Å²) in [4.78, 5) is 3.83. The first kappa shape index (κ1) is 10.5. The molecule has 0 amide bonds. The lowest BCUT2D eigenvalue weighted by atomic mass is 9.96. The standard InChI is InChI=1S/C7H7BBrNO3/c8-7(11,12)4-13-6-5(9)2-1-3-10-6/h1-3,11-12H,4H2. The van der Waals surface area contributed by atoms with E-state index >= 15 is 0 Å². The Kier molecular flexibility index (Phi) is 3.30. The molecule has 0 fully saturated rings. The number of nitrogens with zero attached hydrogens (tertiary/aromatic N) is 1. The highest BCUT2D eigenvalue weighted by atomic mass is 79.9. The van der Waals surface area contributed by atoms with Gasteiger partial charge in [-0.25, -0.2) is 4.98 Å². The number of pyridine rings is 1. The van der Waals surface area contributed by atoms with Gasteiger partial charge < -0.3 is 14.9 Å². The average Bonchev–Trinajstić information content (AvgIpc) is 2.01. The number of hydrogen-bond donors (Lipinski definition) is 2. The predicted octanol–water partition coefficient (Wildman–Crippen LogP) is 0.0298. The van der Waals surface area contributed by atoms with Gasteiger partial charge in [0.25, 0.3) is 0 Å². The molecule has 1 aromatic rings. The van der Waals surface area contributed by atoms with Crippen molar-refractivity contribution < 1.29 is 14.9 Å². The van der Waals surface area contributed by atoms with Crippen molar-refractivity contribution in [1.29, 1.82) is 0 Å². The Morgan fingerprint density at radius 2 is 2.31 bits per heavy atom. The van der Waals surface area contributed by atoms with Gasteiger partial charge in [0.15, 0.2) is 7.85 Å². The second kappa shape index (κ2) is 4.08. The molecule has 0 atom stereocenters. The molecular formula is C7H7BBrNO3. The fourth-order valence-corrected chi connectivity index (χ4v) is 1.02. The van der Waals surface area contributed by atoms with Crippen molar-refractivity contribution in [3.8, 4) is 5.88 Å². The molecule has 1 heterocycles. The molecule has 0 saturated heterocycles. The van der Waals surface area contributed by atoms with E-state index in [9.17, 15) is 0 Å². The SMILES string of the molecule is [B]C(O)(O)COc1ncccc1Br. The first-order valence-corrected chi connectivity index (χ1v) is 4.25. The van der Waals surface area contributed by atoms with E-state index in [1.54, 1.807) is 12.1 Å². The van der Waals surface area contributed by atoms with Crippen LogP contribution in [0.3, 0.4) is 0 Å². The van der Waals surface area contributed by atoms with Crippen LogP contribution in [0.5, 0.6) is 5.88 Å². The second-order valence-electron chi connectivity index (χ2n) is 2.46. The number of ether oxygens (including phenoxy) is 1. The number of halogens is 1. The Labute approximate surface area is 85.1 Å². The van der Waals surface area contributed by atoms with Crippen LogP contribution in [0.25, 0.3) is 0 Å². The van der Waals surface area contributed by atoms with Gasteiger partial charge in [0.05, 0.1) is 4.47 Å². The summed E-state index contributed by atoms with van der Waals surface area (Å²) in [6.07, 6.45) is 1.52. The molecule has 68 valence electrons. The molecular weight excluding hydrogens is 237 g/mol. The first-order chi connectivity index (χ1) is 5.99. The molecule has 0 aromatic carbocycles. The monoisotopic (exact) mass is 243 g/mol. The zero-order valence-corrected chi connectivity index (χ0v) is 8.23. The van der Waals surface area contributed by atoms with Crippen molar-refractivity contribution in [3.63, 3.8) is 0 Å². The lowest BCUT2D eigenvalue weighted by Gasteiger charge is -2.16. The van der Waals surface area contributed by atoms with E-state index in [1.807, 2.05) is 0 Å². The summed E-state index contributed by atoms with van der Waals surface area (Å²) >= 11 is 3.17. The minimum Gasteiger partial charge on any atom is -0.472 e. The number of aromatic nitrogens is 1. The second-order valence-corrected chi connectivity index (χ2v) is 3.31. The highest BCUT2D eigenvalue weighted by Crippen LogP contribution is 2.20. The highest BCUT2D eigenvalue weighted by Gasteiger charge is 2.16. The van der Waals surface area contributed by atoms with Crippen molar-refractivity contribution >= 4 is 23.8 Å². The topological polar surface area (TPSA) is 62.6 Å². The van der Waals surface area contributed by atoms with Gasteiger partial charge in [-0.1, -0.05) is 0 Å². The third kappa shape index (κ3) is 3.76. The van der Waals surface area contributed by atoms with Gasteiger partial charge in [-0.3, -0.25) is 0 Å². The molecule has 6 heteroatoms. The molecule has 4 nitrogen and oxygen atoms in total. The van der Waals surface area contributed by atoms with Gasteiger partial charge in [0.1, 0.15) is 12.3 Å². The Morgan fingerprint density at radius 1 is 1.62 bits per heavy atom. The van der Waals surface area contributed by atoms with Crippen LogP contribution in [0.15, 0.2) is 22.8 Å². The molecule has 1 rings (SSSR count). The van der Waals surface area contributed by atoms with Gasteiger partial charge in [0, 0.05) is 6.20 Å². The molecule has 2 N–H and O–H groups in total. The Balaban J connectivity index is 2.60. The maximum atomic E-state index is 8.74. The average molecular weight is 244 g/mol. The smallest absolute Gasteiger partial charge is 0.228 e. The van der Waals surface area contributed by atoms with Crippen LogP contribution in [-0.4, -0.2) is 35.3 Å². The molecule has 13 heavy (non-hydrogen) atoms. The van der Waals surface area contributed by atoms with E-state index in [2.05, 4.69) is 20.9 Å². The number of rotatable bonds is 3. The Hall–Kier alpha value is -0.585. The van der Waals surface area contributed by atoms with Crippen molar-refractivity contribution in [3.05, 3.63) is 22.8 Å². The van der Waals surface area contributed by atoms with Crippen LogP contribution in [0.4, 0.5) is 0 Å². The minimum absolute atomic E-state index is 0.264. The summed E-state index contributed by atoms with van der Waals surface area (Å²) in [6, 6.07) is 3.43. The van der Waals surface area contributed by atoms with E-state index in [0.717, 1.165) is 0 Å². The van der Waals surface area contributed by atoms with Crippen LogP contribution in [0, 0.1) is 0 Å². The van der Waals surface area contributed by atoms with Gasteiger partial charge in [-0.15, -0.1) is 0 Å². The highest BCUT2D eigenvalue weighted by molar-refractivity contribution is 9.10. The molecule has 0 spiro atoms. The summed E-state index contributed by atoms with van der Waals surface area (Å²) in [6.45, 7) is -0.442. The molecule has 0 saturated carbocycles. The molecule has 1 aromatic heterocycles. The molecule has 0 aliphatic rings. The molecule has 0 aliphatic carbocycles. The predicted molar refractivity (Wildman–Crippen MR) is 50.4 cm³/mol. The Bertz CT molecular complexity index is 289. The fourth-order valence-electron chi connectivity index (χ4n) is 0.652. The van der Waals surface area contributed by atoms with Crippen LogP contribution < -0.4 is 4.74 Å². The van der Waals surface area contributed by atoms with E-state index < -0.39 is 12.3 Å². The van der Waals surface area contributed by atoms with Gasteiger partial charge in [-0.05, 0) is 28.1 Å². The third-order valence-electron chi connectivity index (χ3n) is 1.15. The maximum Gasteiger partial charge on any atom is 0.228 e. The third-order valence-corrected chi connectivity index (χ3v) is 1.75. The Morgan fingerprint density at radius 3 is 2.85 bits per heavy atom. The first-order valence-electron chi connectivity index (χ1n) is 3.46. The van der Waals surface area contributed by atoms with Crippen LogP contribution in [0.1, 0.15) is 0 Å². The summed E-state index contributed by atoms with van der Waals surface area (Å²) in [5.41, 5.74) is -2.34. The van der Waals surface area contributed by atoms with E-state index in [-0.39, 0.29) is 5.88 Å². The van der Waals surface area contributed by atoms with Gasteiger partial charge in [-0.2, -0.15) is 0 Å². The molecule has 0 aliphatic heterocycles. The largest absolute Gasteiger partial charge is 0.472 e. The lowest BCUT2D eigenvalue weighted by Crippen LogP contribution is -2.36. The zero-order valence-electron chi connectivity index (χ0n) is 6.64. The van der Waals surface area contributed by atoms with E-state index in [1.165, 1.54) is 6.20 Å². The van der Waals surface area contributed by atoms with Crippen LogP contribution >= 0.6 is 15.9 Å². The summed E-state index contributed by atoms with van der Waals surface area (Å²) in [5, 5.41) is 17.5. The van der Waals surface area contributed by atoms with Crippen molar-refractivity contribution in [2.24, 2.45) is 0 Å². The summed E-state index contributed by atoms with van der Waals surface area (Å²) < 4.78 is 5.54. The normalized spacial score (nSPS) is 11.3. The van der Waals surface area contributed by atoms with Gasteiger partial charge in [0.2, 0.25) is 5.88 Å². The number of aliphatic hydroxyl groups is 2. The summed E-state index contributed by atoms with van der Waals surface area (Å²) in [5.74, 6) is 0.264. The van der Waals surface area contributed by atoms with Crippen LogP contribution in [0.2, 0.25) is 0 Å². The minimum atomic E-state index is -2.34. The number of hydrogen-bond acceptors (Lipinski definition) is 4. The maximum absolute atomic E-state index is 8.74. The quantitative estimate of drug-likeness (QED) is 0.581. The molecule has 2 radical (unpaired) electrons. The van der Waals surface area contributed by atoms with Gasteiger partial charge >= 0.3 is 0 Å². The fraction of sp³-hybridized carbons (Fsp3) is 0.286. The van der Waals surface area contributed by atoms with Crippen molar-refractivity contribution in [2.75, 3.05) is 6.61 Å². The summed E-state index contributed by atoms with van der Waals surface area (Å²) in [7, 11) is 4.88. The van der Waals surface area contributed by atoms with Crippen molar-refractivity contribution in [2.45, 2.75) is 5.69 Å². The lowest BCUT2D eigenvalue weighted by molar-refractivity contribution is -0.111. The van der Waals surface area contributed by atoms with Crippen molar-refractivity contribution in [1.82, 2.24) is 4.98 Å². The van der Waals surface area contributed by atoms with E-state index in [0.29, 0.717) is 4.47 Å². The molecule has 0 unspecified atom stereocenters. The van der Waals surface area contributed by atoms with Crippen LogP contribution in [-0.2, 0) is 0 Å². The molecule has 0 bridgehead atoms. The van der Waals surface area contributed by atoms with E-state index in [4.69, 9.17) is 22.8 Å².